The van der Waals surface area contributed by atoms with Crippen molar-refractivity contribution in [1.29, 1.82) is 0 Å². The second-order valence-corrected chi connectivity index (χ2v) is 6.62. The van der Waals surface area contributed by atoms with E-state index in [1.54, 1.807) is 24.3 Å². The molecule has 0 unspecified atom stereocenters. The summed E-state index contributed by atoms with van der Waals surface area (Å²) in [5.74, 6) is 1.09. The van der Waals surface area contributed by atoms with Gasteiger partial charge in [-0.1, -0.05) is 41.4 Å². The zero-order valence-corrected chi connectivity index (χ0v) is 14.0. The number of H-pyrrole nitrogens is 1. The van der Waals surface area contributed by atoms with E-state index in [4.69, 9.17) is 23.2 Å². The molecule has 1 N–H and O–H groups in total. The average molecular weight is 351 g/mol. The fourth-order valence-corrected chi connectivity index (χ4v) is 3.74. The van der Waals surface area contributed by atoms with Gasteiger partial charge in [-0.2, -0.15) is 0 Å². The standard InChI is InChI=1S/C16H12Cl2N2OS/c1-9-4-2-5-10-14(9)19-13(20-16(10)21)8-22-15-11(17)6-3-7-12(15)18/h2-7H,8H2,1H3,(H,19,20,21). The van der Waals surface area contributed by atoms with E-state index in [0.29, 0.717) is 27.0 Å². The maximum atomic E-state index is 12.1. The van der Waals surface area contributed by atoms with Crippen molar-refractivity contribution in [1.82, 2.24) is 9.97 Å². The summed E-state index contributed by atoms with van der Waals surface area (Å²) in [4.78, 5) is 20.3. The second-order valence-electron chi connectivity index (χ2n) is 4.82. The minimum atomic E-state index is -0.130. The highest BCUT2D eigenvalue weighted by atomic mass is 35.5. The molecule has 3 nitrogen and oxygen atoms in total. The molecule has 0 bridgehead atoms. The molecular formula is C16H12Cl2N2OS. The molecule has 2 aromatic carbocycles. The number of hydrogen-bond acceptors (Lipinski definition) is 3. The molecule has 0 aliphatic carbocycles. The number of aryl methyl sites for hydroxylation is 1. The van der Waals surface area contributed by atoms with E-state index in [-0.39, 0.29) is 5.56 Å². The first-order valence-electron chi connectivity index (χ1n) is 6.61. The second kappa shape index (κ2) is 6.32. The summed E-state index contributed by atoms with van der Waals surface area (Å²) < 4.78 is 0. The van der Waals surface area contributed by atoms with Crippen LogP contribution in [-0.4, -0.2) is 9.97 Å². The van der Waals surface area contributed by atoms with Crippen LogP contribution >= 0.6 is 35.0 Å². The first-order chi connectivity index (χ1) is 10.6. The molecule has 0 amide bonds. The van der Waals surface area contributed by atoms with Crippen LogP contribution in [0.1, 0.15) is 11.4 Å². The Balaban J connectivity index is 1.95. The lowest BCUT2D eigenvalue weighted by Gasteiger charge is -2.07. The molecule has 1 aromatic heterocycles. The molecule has 0 saturated carbocycles. The summed E-state index contributed by atoms with van der Waals surface area (Å²) in [6.45, 7) is 1.94. The van der Waals surface area contributed by atoms with Gasteiger partial charge in [0.15, 0.2) is 0 Å². The Labute approximate surface area is 141 Å². The van der Waals surface area contributed by atoms with Gasteiger partial charge in [0.05, 0.1) is 26.7 Å². The lowest BCUT2D eigenvalue weighted by molar-refractivity contribution is 1.04. The normalized spacial score (nSPS) is 11.0. The number of thioether (sulfide) groups is 1. The topological polar surface area (TPSA) is 45.8 Å². The van der Waals surface area contributed by atoms with Crippen molar-refractivity contribution in [3.05, 3.63) is 68.2 Å². The third-order valence-electron chi connectivity index (χ3n) is 3.26. The van der Waals surface area contributed by atoms with E-state index in [1.165, 1.54) is 11.8 Å². The Bertz CT molecular complexity index is 888. The number of aromatic nitrogens is 2. The van der Waals surface area contributed by atoms with Gasteiger partial charge in [0.2, 0.25) is 0 Å². The van der Waals surface area contributed by atoms with Crippen LogP contribution in [0.5, 0.6) is 0 Å². The number of hydrogen-bond donors (Lipinski definition) is 1. The van der Waals surface area contributed by atoms with Gasteiger partial charge >= 0.3 is 0 Å². The third kappa shape index (κ3) is 3.00. The minimum Gasteiger partial charge on any atom is -0.309 e. The fourth-order valence-electron chi connectivity index (χ4n) is 2.18. The van der Waals surface area contributed by atoms with Crippen molar-refractivity contribution in [2.75, 3.05) is 0 Å². The summed E-state index contributed by atoms with van der Waals surface area (Å²) in [6, 6.07) is 10.9. The molecule has 0 saturated heterocycles. The summed E-state index contributed by atoms with van der Waals surface area (Å²) in [5.41, 5.74) is 1.58. The van der Waals surface area contributed by atoms with E-state index in [9.17, 15) is 4.79 Å². The summed E-state index contributed by atoms with van der Waals surface area (Å²) in [7, 11) is 0. The number of halogens is 2. The lowest BCUT2D eigenvalue weighted by Crippen LogP contribution is -2.11. The molecule has 22 heavy (non-hydrogen) atoms. The van der Waals surface area contributed by atoms with Crippen LogP contribution in [0.4, 0.5) is 0 Å². The number of nitrogens with one attached hydrogen (secondary N) is 1. The van der Waals surface area contributed by atoms with Crippen molar-refractivity contribution in [2.45, 2.75) is 17.6 Å². The van der Waals surface area contributed by atoms with E-state index in [0.717, 1.165) is 16.0 Å². The first kappa shape index (κ1) is 15.4. The predicted octanol–water partition coefficient (Wildman–Crippen LogP) is 4.83. The first-order valence-corrected chi connectivity index (χ1v) is 8.36. The smallest absolute Gasteiger partial charge is 0.258 e. The number of para-hydroxylation sites is 1. The van der Waals surface area contributed by atoms with Gasteiger partial charge in [0, 0.05) is 4.90 Å². The fraction of sp³-hybridized carbons (Fsp3) is 0.125. The Kier molecular flexibility index (Phi) is 4.43. The Morgan fingerprint density at radius 1 is 1.14 bits per heavy atom. The van der Waals surface area contributed by atoms with Gasteiger partial charge in [-0.25, -0.2) is 4.98 Å². The van der Waals surface area contributed by atoms with Gasteiger partial charge in [-0.05, 0) is 30.7 Å². The average Bonchev–Trinajstić information content (AvgIpc) is 2.48. The number of fused-ring (bicyclic) bond motifs is 1. The van der Waals surface area contributed by atoms with Crippen LogP contribution < -0.4 is 5.56 Å². The number of aromatic amines is 1. The number of nitrogens with zero attached hydrogens (tertiary/aromatic N) is 1. The highest BCUT2D eigenvalue weighted by Crippen LogP contribution is 2.35. The molecule has 0 atom stereocenters. The molecule has 0 radical (unpaired) electrons. The monoisotopic (exact) mass is 350 g/mol. The van der Waals surface area contributed by atoms with E-state index in [2.05, 4.69) is 9.97 Å². The van der Waals surface area contributed by atoms with Crippen molar-refractivity contribution >= 4 is 45.9 Å². The van der Waals surface area contributed by atoms with Crippen LogP contribution in [0, 0.1) is 6.92 Å². The summed E-state index contributed by atoms with van der Waals surface area (Å²) in [5, 5.41) is 1.79. The van der Waals surface area contributed by atoms with Gasteiger partial charge < -0.3 is 4.98 Å². The highest BCUT2D eigenvalue weighted by molar-refractivity contribution is 7.98. The van der Waals surface area contributed by atoms with E-state index in [1.807, 2.05) is 19.1 Å². The SMILES string of the molecule is Cc1cccc2c(=O)[nH]c(CSc3c(Cl)cccc3Cl)nc12. The van der Waals surface area contributed by atoms with Crippen LogP contribution in [0.25, 0.3) is 10.9 Å². The zero-order valence-electron chi connectivity index (χ0n) is 11.7. The summed E-state index contributed by atoms with van der Waals surface area (Å²) >= 11 is 13.8. The summed E-state index contributed by atoms with van der Waals surface area (Å²) in [6.07, 6.45) is 0. The van der Waals surface area contributed by atoms with Gasteiger partial charge in [-0.15, -0.1) is 11.8 Å². The maximum Gasteiger partial charge on any atom is 0.258 e. The van der Waals surface area contributed by atoms with Gasteiger partial charge in [0.1, 0.15) is 5.82 Å². The van der Waals surface area contributed by atoms with Crippen molar-refractivity contribution in [2.24, 2.45) is 0 Å². The quantitative estimate of drug-likeness (QED) is 0.688. The van der Waals surface area contributed by atoms with Crippen molar-refractivity contribution < 1.29 is 0 Å². The molecule has 0 aliphatic heterocycles. The minimum absolute atomic E-state index is 0.130. The molecule has 112 valence electrons. The molecular weight excluding hydrogens is 339 g/mol. The Morgan fingerprint density at radius 2 is 1.82 bits per heavy atom. The zero-order chi connectivity index (χ0) is 15.7. The van der Waals surface area contributed by atoms with Gasteiger partial charge in [-0.3, -0.25) is 4.79 Å². The van der Waals surface area contributed by atoms with Crippen molar-refractivity contribution in [3.63, 3.8) is 0 Å². The molecule has 0 spiro atoms. The molecule has 1 heterocycles. The predicted molar refractivity (Wildman–Crippen MR) is 93.1 cm³/mol. The van der Waals surface area contributed by atoms with Crippen LogP contribution in [-0.2, 0) is 5.75 Å². The largest absolute Gasteiger partial charge is 0.309 e. The highest BCUT2D eigenvalue weighted by Gasteiger charge is 2.09. The van der Waals surface area contributed by atoms with Crippen LogP contribution in [0.15, 0.2) is 46.1 Å². The number of benzene rings is 2. The lowest BCUT2D eigenvalue weighted by atomic mass is 10.1. The molecule has 3 rings (SSSR count). The maximum absolute atomic E-state index is 12.1. The van der Waals surface area contributed by atoms with Crippen molar-refractivity contribution in [3.8, 4) is 0 Å². The molecule has 0 fully saturated rings. The van der Waals surface area contributed by atoms with E-state index >= 15 is 0 Å². The molecule has 6 heteroatoms. The molecule has 3 aromatic rings. The number of rotatable bonds is 3. The van der Waals surface area contributed by atoms with E-state index < -0.39 is 0 Å². The Hall–Kier alpha value is -1.49. The molecule has 0 aliphatic rings. The van der Waals surface area contributed by atoms with Crippen LogP contribution in [0.2, 0.25) is 10.0 Å². The van der Waals surface area contributed by atoms with Crippen LogP contribution in [0.3, 0.4) is 0 Å². The Morgan fingerprint density at radius 3 is 2.55 bits per heavy atom. The third-order valence-corrected chi connectivity index (χ3v) is 5.26. The van der Waals surface area contributed by atoms with Gasteiger partial charge in [0.25, 0.3) is 5.56 Å².